The molecule has 1 spiro atoms. The van der Waals surface area contributed by atoms with E-state index in [1.807, 2.05) is 36.5 Å². The molecule has 4 nitrogen and oxygen atoms in total. The zero-order valence-corrected chi connectivity index (χ0v) is 15.7. The summed E-state index contributed by atoms with van der Waals surface area (Å²) in [5.41, 5.74) is 4.17. The van der Waals surface area contributed by atoms with E-state index in [0.29, 0.717) is 5.41 Å². The lowest BCUT2D eigenvalue weighted by molar-refractivity contribution is 0.0534. The summed E-state index contributed by atoms with van der Waals surface area (Å²) in [5.74, 6) is 0.161. The first-order valence-electron chi connectivity index (χ1n) is 9.56. The van der Waals surface area contributed by atoms with Crippen molar-refractivity contribution in [1.82, 2.24) is 14.8 Å². The van der Waals surface area contributed by atoms with Gasteiger partial charge in [0.25, 0.3) is 5.91 Å². The Balaban J connectivity index is 1.57. The number of carbonyl (C=O) groups excluding carboxylic acids is 1. The fraction of sp³-hybridized carbons (Fsp3) is 0.455. The molecule has 1 amide bonds. The lowest BCUT2D eigenvalue weighted by Crippen LogP contribution is -2.47. The van der Waals surface area contributed by atoms with Crippen LogP contribution in [0, 0.1) is 12.3 Å². The monoisotopic (exact) mass is 349 g/mol. The van der Waals surface area contributed by atoms with E-state index in [9.17, 15) is 4.79 Å². The number of hydrogen-bond acceptors (Lipinski definition) is 3. The molecule has 1 atom stereocenters. The first-order valence-corrected chi connectivity index (χ1v) is 9.56. The van der Waals surface area contributed by atoms with Crippen molar-refractivity contribution in [1.29, 1.82) is 0 Å². The van der Waals surface area contributed by atoms with Crippen molar-refractivity contribution in [2.45, 2.75) is 26.2 Å². The number of hydrogen-bond donors (Lipinski definition) is 0. The molecule has 0 aliphatic carbocycles. The smallest absolute Gasteiger partial charge is 0.253 e. The molecule has 2 saturated heterocycles. The number of pyridine rings is 1. The number of likely N-dealkylation sites (tertiary alicyclic amines) is 2. The standard InChI is InChI=1S/C22H27N3O/c1-17-6-4-11-23-20(17)18-7-3-8-19(14-18)21(26)25-12-5-9-22(16-25)10-13-24(2)15-22/h3-4,6-8,11,14H,5,9-10,12-13,15-16H2,1-2H3. The van der Waals surface area contributed by atoms with E-state index in [0.717, 1.165) is 55.0 Å². The zero-order chi connectivity index (χ0) is 18.1. The lowest BCUT2D eigenvalue weighted by Gasteiger charge is -2.40. The fourth-order valence-corrected chi connectivity index (χ4v) is 4.64. The molecule has 2 aliphatic rings. The van der Waals surface area contributed by atoms with Crippen LogP contribution in [-0.2, 0) is 0 Å². The molecule has 3 heterocycles. The van der Waals surface area contributed by atoms with E-state index in [2.05, 4.69) is 34.8 Å². The minimum atomic E-state index is 0.161. The van der Waals surface area contributed by atoms with E-state index in [4.69, 9.17) is 0 Å². The first-order chi connectivity index (χ1) is 12.6. The van der Waals surface area contributed by atoms with E-state index in [1.54, 1.807) is 0 Å². The largest absolute Gasteiger partial charge is 0.338 e. The van der Waals surface area contributed by atoms with Gasteiger partial charge >= 0.3 is 0 Å². The maximum absolute atomic E-state index is 13.2. The first kappa shape index (κ1) is 17.2. The number of aryl methyl sites for hydroxylation is 1. The molecule has 0 bridgehead atoms. The van der Waals surface area contributed by atoms with Crippen LogP contribution in [0.15, 0.2) is 42.6 Å². The Morgan fingerprint density at radius 3 is 2.77 bits per heavy atom. The van der Waals surface area contributed by atoms with Crippen molar-refractivity contribution in [3.63, 3.8) is 0 Å². The van der Waals surface area contributed by atoms with Crippen LogP contribution in [0.4, 0.5) is 0 Å². The van der Waals surface area contributed by atoms with Gasteiger partial charge in [-0.15, -0.1) is 0 Å². The molecule has 1 unspecified atom stereocenters. The van der Waals surface area contributed by atoms with Crippen molar-refractivity contribution in [2.24, 2.45) is 5.41 Å². The Labute approximate surface area is 155 Å². The highest BCUT2D eigenvalue weighted by Gasteiger charge is 2.41. The van der Waals surface area contributed by atoms with E-state index in [1.165, 1.54) is 12.8 Å². The highest BCUT2D eigenvalue weighted by molar-refractivity contribution is 5.95. The Hall–Kier alpha value is -2.20. The maximum Gasteiger partial charge on any atom is 0.253 e. The van der Waals surface area contributed by atoms with Crippen LogP contribution in [0.1, 0.15) is 35.2 Å². The molecular weight excluding hydrogens is 322 g/mol. The van der Waals surface area contributed by atoms with Crippen molar-refractivity contribution in [3.8, 4) is 11.3 Å². The topological polar surface area (TPSA) is 36.4 Å². The summed E-state index contributed by atoms with van der Waals surface area (Å²) < 4.78 is 0. The number of aromatic nitrogens is 1. The number of amides is 1. The number of rotatable bonds is 2. The van der Waals surface area contributed by atoms with Gasteiger partial charge < -0.3 is 9.80 Å². The van der Waals surface area contributed by atoms with Gasteiger partial charge in [-0.05, 0) is 63.5 Å². The second kappa shape index (κ2) is 6.84. The Kier molecular flexibility index (Phi) is 4.53. The highest BCUT2D eigenvalue weighted by atomic mass is 16.2. The van der Waals surface area contributed by atoms with Gasteiger partial charge in [0, 0.05) is 42.4 Å². The summed E-state index contributed by atoms with van der Waals surface area (Å²) in [7, 11) is 2.19. The van der Waals surface area contributed by atoms with Gasteiger partial charge in [-0.3, -0.25) is 9.78 Å². The number of benzene rings is 1. The third-order valence-corrected chi connectivity index (χ3v) is 5.97. The lowest BCUT2D eigenvalue weighted by atomic mass is 9.79. The van der Waals surface area contributed by atoms with Crippen LogP contribution < -0.4 is 0 Å². The third kappa shape index (κ3) is 3.26. The summed E-state index contributed by atoms with van der Waals surface area (Å²) >= 11 is 0. The molecule has 1 aromatic heterocycles. The molecule has 136 valence electrons. The summed E-state index contributed by atoms with van der Waals surface area (Å²) in [6.07, 6.45) is 5.37. The van der Waals surface area contributed by atoms with E-state index >= 15 is 0 Å². The molecule has 4 rings (SSSR count). The SMILES string of the molecule is Cc1cccnc1-c1cccc(C(=O)N2CCCC3(CCN(C)C3)C2)c1. The number of carbonyl (C=O) groups is 1. The molecule has 1 aromatic carbocycles. The van der Waals surface area contributed by atoms with Gasteiger partial charge in [-0.25, -0.2) is 0 Å². The molecule has 0 saturated carbocycles. The predicted molar refractivity (Wildman–Crippen MR) is 104 cm³/mol. The van der Waals surface area contributed by atoms with Crippen LogP contribution in [-0.4, -0.2) is 53.9 Å². The van der Waals surface area contributed by atoms with E-state index in [-0.39, 0.29) is 5.91 Å². The Morgan fingerprint density at radius 2 is 2.00 bits per heavy atom. The Morgan fingerprint density at radius 1 is 1.12 bits per heavy atom. The van der Waals surface area contributed by atoms with Crippen molar-refractivity contribution in [2.75, 3.05) is 33.2 Å². The van der Waals surface area contributed by atoms with Crippen LogP contribution >= 0.6 is 0 Å². The molecule has 26 heavy (non-hydrogen) atoms. The average molecular weight is 349 g/mol. The van der Waals surface area contributed by atoms with Crippen molar-refractivity contribution in [3.05, 3.63) is 53.7 Å². The summed E-state index contributed by atoms with van der Waals surface area (Å²) in [5, 5.41) is 0. The molecule has 2 fully saturated rings. The van der Waals surface area contributed by atoms with Crippen LogP contribution in [0.5, 0.6) is 0 Å². The third-order valence-electron chi connectivity index (χ3n) is 5.97. The summed E-state index contributed by atoms with van der Waals surface area (Å²) in [6, 6.07) is 11.9. The summed E-state index contributed by atoms with van der Waals surface area (Å²) in [4.78, 5) is 22.2. The van der Waals surface area contributed by atoms with Gasteiger partial charge in [0.05, 0.1) is 5.69 Å². The van der Waals surface area contributed by atoms with Crippen LogP contribution in [0.2, 0.25) is 0 Å². The maximum atomic E-state index is 13.2. The predicted octanol–water partition coefficient (Wildman–Crippen LogP) is 3.61. The van der Waals surface area contributed by atoms with Crippen LogP contribution in [0.25, 0.3) is 11.3 Å². The molecule has 4 heteroatoms. The van der Waals surface area contributed by atoms with Gasteiger partial charge in [-0.1, -0.05) is 18.2 Å². The number of piperidine rings is 1. The number of nitrogens with zero attached hydrogens (tertiary/aromatic N) is 3. The van der Waals surface area contributed by atoms with Crippen LogP contribution in [0.3, 0.4) is 0 Å². The second-order valence-electron chi connectivity index (χ2n) is 8.07. The zero-order valence-electron chi connectivity index (χ0n) is 15.7. The molecular formula is C22H27N3O. The van der Waals surface area contributed by atoms with E-state index < -0.39 is 0 Å². The van der Waals surface area contributed by atoms with Gasteiger partial charge in [0.2, 0.25) is 0 Å². The van der Waals surface area contributed by atoms with Gasteiger partial charge in [-0.2, -0.15) is 0 Å². The molecule has 0 radical (unpaired) electrons. The molecule has 0 N–H and O–H groups in total. The minimum absolute atomic E-state index is 0.161. The molecule has 2 aliphatic heterocycles. The van der Waals surface area contributed by atoms with Gasteiger partial charge in [0.1, 0.15) is 0 Å². The van der Waals surface area contributed by atoms with Crippen molar-refractivity contribution < 1.29 is 4.79 Å². The second-order valence-corrected chi connectivity index (χ2v) is 8.07. The quantitative estimate of drug-likeness (QED) is 0.831. The van der Waals surface area contributed by atoms with Crippen molar-refractivity contribution >= 4 is 5.91 Å². The summed E-state index contributed by atoms with van der Waals surface area (Å²) in [6.45, 7) is 6.09. The average Bonchev–Trinajstić information content (AvgIpc) is 3.01. The minimum Gasteiger partial charge on any atom is -0.338 e. The normalized spacial score (nSPS) is 23.5. The molecule has 2 aromatic rings. The fourth-order valence-electron chi connectivity index (χ4n) is 4.64. The highest BCUT2D eigenvalue weighted by Crippen LogP contribution is 2.38. The van der Waals surface area contributed by atoms with Gasteiger partial charge in [0.15, 0.2) is 0 Å². The Bertz CT molecular complexity index is 815.